The average Bonchev–Trinajstić information content (AvgIpc) is 3.59. The van der Waals surface area contributed by atoms with E-state index < -0.39 is 17.6 Å². The Morgan fingerprint density at radius 2 is 1.95 bits per heavy atom. The summed E-state index contributed by atoms with van der Waals surface area (Å²) in [4.78, 5) is 37.9. The summed E-state index contributed by atoms with van der Waals surface area (Å²) in [6.07, 6.45) is 5.21. The largest absolute Gasteiger partial charge is 0.494 e. The molecule has 1 saturated carbocycles. The van der Waals surface area contributed by atoms with Crippen LogP contribution in [0.25, 0.3) is 0 Å². The van der Waals surface area contributed by atoms with Crippen molar-refractivity contribution in [2.45, 2.75) is 25.8 Å². The minimum absolute atomic E-state index is 0.0252. The Hall–Kier alpha value is -4.12. The summed E-state index contributed by atoms with van der Waals surface area (Å²) in [6, 6.07) is 7.37. The van der Waals surface area contributed by atoms with Gasteiger partial charge in [0.1, 0.15) is 5.56 Å². The lowest BCUT2D eigenvalue weighted by atomic mass is 10.1. The van der Waals surface area contributed by atoms with Gasteiger partial charge in [-0.2, -0.15) is 5.10 Å². The quantitative estimate of drug-likeness (QED) is 0.277. The van der Waals surface area contributed by atoms with Gasteiger partial charge >= 0.3 is 0 Å². The molecule has 10 nitrogen and oxygen atoms in total. The van der Waals surface area contributed by atoms with Gasteiger partial charge in [-0.3, -0.25) is 19.5 Å². The molecule has 1 aliphatic rings. The first-order chi connectivity index (χ1) is 18.3. The first-order valence-electron chi connectivity index (χ1n) is 11.9. The Morgan fingerprint density at radius 1 is 1.13 bits per heavy atom. The molecule has 0 atom stereocenters. The normalized spacial score (nSPS) is 12.5. The molecule has 3 aromatic rings. The second-order valence-corrected chi connectivity index (χ2v) is 9.22. The zero-order chi connectivity index (χ0) is 27.1. The first kappa shape index (κ1) is 26.9. The van der Waals surface area contributed by atoms with E-state index in [4.69, 9.17) is 21.1 Å². The van der Waals surface area contributed by atoms with Crippen molar-refractivity contribution in [1.29, 1.82) is 0 Å². The van der Waals surface area contributed by atoms with Crippen LogP contribution in [0.1, 0.15) is 34.3 Å². The molecular formula is C26H27ClFN5O5. The summed E-state index contributed by atoms with van der Waals surface area (Å²) in [7, 11) is 1.37. The van der Waals surface area contributed by atoms with Gasteiger partial charge in [-0.1, -0.05) is 17.7 Å². The van der Waals surface area contributed by atoms with Crippen LogP contribution in [0.4, 0.5) is 10.1 Å². The molecule has 0 aliphatic heterocycles. The molecule has 2 aromatic carbocycles. The van der Waals surface area contributed by atoms with Crippen molar-refractivity contribution in [3.8, 4) is 11.5 Å². The third-order valence-corrected chi connectivity index (χ3v) is 6.12. The number of anilines is 1. The van der Waals surface area contributed by atoms with Crippen LogP contribution in [0.15, 0.2) is 42.7 Å². The van der Waals surface area contributed by atoms with Crippen molar-refractivity contribution >= 4 is 35.0 Å². The molecule has 0 unspecified atom stereocenters. The number of H-pyrrole nitrogens is 1. The third-order valence-electron chi connectivity index (χ3n) is 5.80. The van der Waals surface area contributed by atoms with Crippen LogP contribution in [0, 0.1) is 11.7 Å². The molecule has 1 fully saturated rings. The predicted octanol–water partition coefficient (Wildman–Crippen LogP) is 3.23. The topological polar surface area (TPSA) is 134 Å². The van der Waals surface area contributed by atoms with Gasteiger partial charge in [-0.05, 0) is 54.2 Å². The highest BCUT2D eigenvalue weighted by atomic mass is 35.5. The Morgan fingerprint density at radius 3 is 2.63 bits per heavy atom. The maximum atomic E-state index is 14.0. The van der Waals surface area contributed by atoms with E-state index in [9.17, 15) is 18.8 Å². The van der Waals surface area contributed by atoms with Crippen LogP contribution in [0.3, 0.4) is 0 Å². The highest BCUT2D eigenvalue weighted by Gasteiger charge is 2.26. The lowest BCUT2D eigenvalue weighted by Crippen LogP contribution is -2.34. The molecule has 1 heterocycles. The fraction of sp³-hybridized carbons (Fsp3) is 0.308. The van der Waals surface area contributed by atoms with Gasteiger partial charge < -0.3 is 25.4 Å². The monoisotopic (exact) mass is 543 g/mol. The van der Waals surface area contributed by atoms with Crippen molar-refractivity contribution < 1.29 is 28.2 Å². The number of benzene rings is 2. The van der Waals surface area contributed by atoms with E-state index >= 15 is 0 Å². The zero-order valence-electron chi connectivity index (χ0n) is 20.6. The second kappa shape index (κ2) is 12.4. The number of rotatable bonds is 12. The van der Waals surface area contributed by atoms with E-state index in [1.807, 2.05) is 0 Å². The van der Waals surface area contributed by atoms with E-state index in [0.717, 1.165) is 12.8 Å². The number of carbonyl (C=O) groups is 3. The molecule has 1 aliphatic carbocycles. The summed E-state index contributed by atoms with van der Waals surface area (Å²) >= 11 is 6.39. The number of nitrogens with zero attached hydrogens (tertiary/aromatic N) is 1. The molecule has 0 saturated heterocycles. The van der Waals surface area contributed by atoms with E-state index in [2.05, 4.69) is 26.1 Å². The smallest absolute Gasteiger partial charge is 0.256 e. The maximum Gasteiger partial charge on any atom is 0.256 e. The number of amides is 3. The first-order valence-corrected chi connectivity index (χ1v) is 12.3. The summed E-state index contributed by atoms with van der Waals surface area (Å²) in [6.45, 7) is 0.0952. The molecule has 3 amide bonds. The summed E-state index contributed by atoms with van der Waals surface area (Å²) in [5.41, 5.74) is 1.49. The van der Waals surface area contributed by atoms with Crippen LogP contribution in [0.5, 0.6) is 11.5 Å². The van der Waals surface area contributed by atoms with Crippen molar-refractivity contribution in [2.75, 3.05) is 25.6 Å². The second-order valence-electron chi connectivity index (χ2n) is 8.81. The van der Waals surface area contributed by atoms with Crippen molar-refractivity contribution in [1.82, 2.24) is 20.8 Å². The van der Waals surface area contributed by atoms with E-state index in [0.29, 0.717) is 23.7 Å². The minimum Gasteiger partial charge on any atom is -0.494 e. The van der Waals surface area contributed by atoms with Crippen LogP contribution in [0.2, 0.25) is 5.02 Å². The standard InChI is InChI=1S/C26H27ClFN5O5/c1-37-21-7-4-16(8-19(21)28)10-30-26(36)24-18(27)5-6-20(25(24)38-14-15-2-3-15)33-23(35)13-29-22(34)9-17-11-31-32-12-17/h4-8,11-12,15H,2-3,9-10,13-14H2,1H3,(H,29,34)(H,30,36)(H,31,32)(H,33,35). The summed E-state index contributed by atoms with van der Waals surface area (Å²) in [5.74, 6) is -1.38. The van der Waals surface area contributed by atoms with Crippen LogP contribution >= 0.6 is 11.6 Å². The molecule has 0 spiro atoms. The van der Waals surface area contributed by atoms with E-state index in [1.54, 1.807) is 12.3 Å². The van der Waals surface area contributed by atoms with Gasteiger partial charge in [0.15, 0.2) is 17.3 Å². The Balaban J connectivity index is 1.45. The predicted molar refractivity (Wildman–Crippen MR) is 138 cm³/mol. The minimum atomic E-state index is -0.554. The Kier molecular flexibility index (Phi) is 8.80. The zero-order valence-corrected chi connectivity index (χ0v) is 21.4. The van der Waals surface area contributed by atoms with Crippen molar-refractivity contribution in [3.63, 3.8) is 0 Å². The molecule has 4 rings (SSSR count). The van der Waals surface area contributed by atoms with Gasteiger partial charge in [-0.25, -0.2) is 4.39 Å². The van der Waals surface area contributed by atoms with Gasteiger partial charge in [-0.15, -0.1) is 0 Å². The van der Waals surface area contributed by atoms with Gasteiger partial charge in [0, 0.05) is 12.7 Å². The lowest BCUT2D eigenvalue weighted by molar-refractivity contribution is -0.123. The fourth-order valence-corrected chi connectivity index (χ4v) is 3.82. The number of hydrogen-bond acceptors (Lipinski definition) is 6. The number of halogens is 2. The average molecular weight is 544 g/mol. The number of aromatic amines is 1. The summed E-state index contributed by atoms with van der Waals surface area (Å²) in [5, 5.41) is 14.5. The SMILES string of the molecule is COc1ccc(CNC(=O)c2c(Cl)ccc(NC(=O)CNC(=O)Cc3cn[nH]c3)c2OCC2CC2)cc1F. The number of ether oxygens (including phenoxy) is 2. The van der Waals surface area contributed by atoms with Crippen molar-refractivity contribution in [3.05, 3.63) is 70.3 Å². The molecule has 200 valence electrons. The fourth-order valence-electron chi connectivity index (χ4n) is 3.59. The number of aromatic nitrogens is 2. The van der Waals surface area contributed by atoms with Crippen LogP contribution < -0.4 is 25.4 Å². The maximum absolute atomic E-state index is 14.0. The van der Waals surface area contributed by atoms with E-state index in [1.165, 1.54) is 37.6 Å². The number of methoxy groups -OCH3 is 1. The highest BCUT2D eigenvalue weighted by Crippen LogP contribution is 2.37. The lowest BCUT2D eigenvalue weighted by Gasteiger charge is -2.18. The molecular weight excluding hydrogens is 517 g/mol. The Labute approximate surface area is 223 Å². The molecule has 1 aromatic heterocycles. The highest BCUT2D eigenvalue weighted by molar-refractivity contribution is 6.34. The third kappa shape index (κ3) is 7.22. The molecule has 38 heavy (non-hydrogen) atoms. The number of carbonyl (C=O) groups excluding carboxylic acids is 3. The molecule has 0 radical (unpaired) electrons. The summed E-state index contributed by atoms with van der Waals surface area (Å²) < 4.78 is 24.9. The number of hydrogen-bond donors (Lipinski definition) is 4. The van der Waals surface area contributed by atoms with Crippen LogP contribution in [-0.2, 0) is 22.6 Å². The van der Waals surface area contributed by atoms with Gasteiger partial charge in [0.2, 0.25) is 11.8 Å². The van der Waals surface area contributed by atoms with E-state index in [-0.39, 0.29) is 53.2 Å². The van der Waals surface area contributed by atoms with Gasteiger partial charge in [0.25, 0.3) is 5.91 Å². The molecule has 0 bridgehead atoms. The van der Waals surface area contributed by atoms with Gasteiger partial charge in [0.05, 0.1) is 43.6 Å². The van der Waals surface area contributed by atoms with Crippen molar-refractivity contribution in [2.24, 2.45) is 5.92 Å². The number of nitrogens with one attached hydrogen (secondary N) is 4. The molecule has 4 N–H and O–H groups in total. The van der Waals surface area contributed by atoms with Crippen LogP contribution in [-0.4, -0.2) is 48.2 Å². The Bertz CT molecular complexity index is 1310. The molecule has 12 heteroatoms.